The van der Waals surface area contributed by atoms with Crippen LogP contribution in [-0.2, 0) is 9.84 Å². The first-order chi connectivity index (χ1) is 11.1. The smallest absolute Gasteiger partial charge is 0.233 e. The average Bonchev–Trinajstić information content (AvgIpc) is 3.23. The maximum atomic E-state index is 12.7. The summed E-state index contributed by atoms with van der Waals surface area (Å²) in [7, 11) is -2.14. The molecule has 3 aromatic rings. The van der Waals surface area contributed by atoms with Crippen LogP contribution < -0.4 is 5.32 Å². The Labute approximate surface area is 138 Å². The fourth-order valence-corrected chi connectivity index (χ4v) is 3.94. The second-order valence-electron chi connectivity index (χ2n) is 4.60. The monoisotopic (exact) mass is 346 g/mol. The Morgan fingerprint density at radius 2 is 1.91 bits per heavy atom. The zero-order valence-corrected chi connectivity index (χ0v) is 13.9. The highest BCUT2D eigenvalue weighted by Gasteiger charge is 2.26. The number of nitrogens with one attached hydrogen (secondary N) is 1. The van der Waals surface area contributed by atoms with Crippen molar-refractivity contribution in [2.75, 3.05) is 12.4 Å². The van der Waals surface area contributed by atoms with E-state index in [4.69, 9.17) is 4.42 Å². The van der Waals surface area contributed by atoms with Gasteiger partial charge >= 0.3 is 0 Å². The molecule has 0 saturated carbocycles. The summed E-state index contributed by atoms with van der Waals surface area (Å²) in [6.45, 7) is 0. The van der Waals surface area contributed by atoms with E-state index in [2.05, 4.69) is 10.3 Å². The quantitative estimate of drug-likeness (QED) is 0.761. The number of benzene rings is 1. The van der Waals surface area contributed by atoms with Gasteiger partial charge in [0.05, 0.1) is 4.90 Å². The second-order valence-corrected chi connectivity index (χ2v) is 7.45. The van der Waals surface area contributed by atoms with Gasteiger partial charge in [0.15, 0.2) is 0 Å². The van der Waals surface area contributed by atoms with Crippen molar-refractivity contribution in [3.8, 4) is 0 Å². The van der Waals surface area contributed by atoms with E-state index in [1.165, 1.54) is 12.1 Å². The molecule has 7 heteroatoms. The van der Waals surface area contributed by atoms with E-state index in [9.17, 15) is 8.42 Å². The molecule has 2 aromatic heterocycles. The van der Waals surface area contributed by atoms with Gasteiger partial charge in [0.1, 0.15) is 0 Å². The molecule has 1 aromatic carbocycles. The van der Waals surface area contributed by atoms with Gasteiger partial charge in [-0.2, -0.15) is 4.98 Å². The molecule has 23 heavy (non-hydrogen) atoms. The van der Waals surface area contributed by atoms with E-state index in [0.717, 1.165) is 4.88 Å². The summed E-state index contributed by atoms with van der Waals surface area (Å²) >= 11 is 1.57. The lowest BCUT2D eigenvalue weighted by Crippen LogP contribution is -2.05. The highest BCUT2D eigenvalue weighted by Crippen LogP contribution is 2.28. The molecule has 0 radical (unpaired) electrons. The minimum atomic E-state index is -3.73. The lowest BCUT2D eigenvalue weighted by Gasteiger charge is -2.02. The van der Waals surface area contributed by atoms with Crippen molar-refractivity contribution < 1.29 is 12.8 Å². The maximum Gasteiger partial charge on any atom is 0.233 e. The Bertz CT molecular complexity index is 912. The van der Waals surface area contributed by atoms with E-state index < -0.39 is 9.84 Å². The van der Waals surface area contributed by atoms with Gasteiger partial charge in [-0.05, 0) is 29.7 Å². The first-order valence-corrected chi connectivity index (χ1v) is 9.18. The summed E-state index contributed by atoms with van der Waals surface area (Å²) < 4.78 is 30.8. The average molecular weight is 346 g/mol. The third-order valence-corrected chi connectivity index (χ3v) is 5.60. The van der Waals surface area contributed by atoms with E-state index in [1.54, 1.807) is 42.7 Å². The van der Waals surface area contributed by atoms with Crippen LogP contribution in [0.1, 0.15) is 10.8 Å². The molecule has 0 unspecified atom stereocenters. The SMILES string of the molecule is CNc1oc(C=Cc2cccs2)nc1S(=O)(=O)c1ccccc1. The number of hydrogen-bond acceptors (Lipinski definition) is 6. The first-order valence-electron chi connectivity index (χ1n) is 6.81. The summed E-state index contributed by atoms with van der Waals surface area (Å²) in [6.07, 6.45) is 3.48. The molecule has 1 N–H and O–H groups in total. The summed E-state index contributed by atoms with van der Waals surface area (Å²) in [5.74, 6) is 0.358. The molecule has 0 saturated heterocycles. The predicted molar refractivity (Wildman–Crippen MR) is 91.2 cm³/mol. The van der Waals surface area contributed by atoms with Crippen molar-refractivity contribution in [3.63, 3.8) is 0 Å². The zero-order valence-electron chi connectivity index (χ0n) is 12.3. The van der Waals surface area contributed by atoms with Gasteiger partial charge in [0, 0.05) is 18.0 Å². The third kappa shape index (κ3) is 3.20. The molecule has 0 atom stereocenters. The lowest BCUT2D eigenvalue weighted by molar-refractivity contribution is 0.558. The molecule has 0 fully saturated rings. The van der Waals surface area contributed by atoms with Crippen LogP contribution in [0.15, 0.2) is 62.2 Å². The van der Waals surface area contributed by atoms with E-state index in [0.29, 0.717) is 0 Å². The number of anilines is 1. The summed E-state index contributed by atoms with van der Waals surface area (Å²) in [6, 6.07) is 12.0. The lowest BCUT2D eigenvalue weighted by atomic mass is 10.4. The zero-order chi connectivity index (χ0) is 16.3. The molecule has 0 bridgehead atoms. The van der Waals surface area contributed by atoms with E-state index in [1.807, 2.05) is 23.6 Å². The highest BCUT2D eigenvalue weighted by atomic mass is 32.2. The molecule has 0 aliphatic heterocycles. The predicted octanol–water partition coefficient (Wildman–Crippen LogP) is 3.78. The van der Waals surface area contributed by atoms with Gasteiger partial charge in [-0.15, -0.1) is 11.3 Å². The number of aromatic nitrogens is 1. The molecule has 0 aliphatic carbocycles. The van der Waals surface area contributed by atoms with Crippen LogP contribution >= 0.6 is 11.3 Å². The molecular weight excluding hydrogens is 332 g/mol. The number of sulfone groups is 1. The van der Waals surface area contributed by atoms with E-state index >= 15 is 0 Å². The molecule has 2 heterocycles. The van der Waals surface area contributed by atoms with Gasteiger partial charge in [-0.25, -0.2) is 8.42 Å². The van der Waals surface area contributed by atoms with Crippen LogP contribution in [0.4, 0.5) is 5.88 Å². The minimum Gasteiger partial charge on any atom is -0.420 e. The molecule has 0 aliphatic rings. The van der Waals surface area contributed by atoms with Crippen molar-refractivity contribution in [3.05, 3.63) is 58.6 Å². The van der Waals surface area contributed by atoms with Gasteiger partial charge in [0.25, 0.3) is 0 Å². The normalized spacial score (nSPS) is 11.9. The van der Waals surface area contributed by atoms with Crippen LogP contribution in [0.5, 0.6) is 0 Å². The van der Waals surface area contributed by atoms with Crippen molar-refractivity contribution in [2.45, 2.75) is 9.92 Å². The second kappa shape index (κ2) is 6.39. The standard InChI is InChI=1S/C16H14N2O3S2/c1-17-15-16(23(19,20)13-7-3-2-4-8-13)18-14(21-15)10-9-12-6-5-11-22-12/h2-11,17H,1H3. The van der Waals surface area contributed by atoms with Crippen LogP contribution in [0, 0.1) is 0 Å². The van der Waals surface area contributed by atoms with Crippen molar-refractivity contribution in [2.24, 2.45) is 0 Å². The Hall–Kier alpha value is -2.38. The largest absolute Gasteiger partial charge is 0.420 e. The summed E-state index contributed by atoms with van der Waals surface area (Å²) in [5.41, 5.74) is 0. The number of nitrogens with zero attached hydrogens (tertiary/aromatic N) is 1. The molecular formula is C16H14N2O3S2. The number of hydrogen-bond donors (Lipinski definition) is 1. The van der Waals surface area contributed by atoms with Gasteiger partial charge in [0.2, 0.25) is 26.6 Å². The molecule has 3 rings (SSSR count). The fourth-order valence-electron chi connectivity index (χ4n) is 1.98. The Kier molecular flexibility index (Phi) is 4.31. The first kappa shape index (κ1) is 15.5. The van der Waals surface area contributed by atoms with Crippen LogP contribution in [-0.4, -0.2) is 20.4 Å². The third-order valence-electron chi connectivity index (χ3n) is 3.08. The maximum absolute atomic E-state index is 12.7. The molecule has 5 nitrogen and oxygen atoms in total. The van der Waals surface area contributed by atoms with Gasteiger partial charge in [-0.1, -0.05) is 24.3 Å². The Balaban J connectivity index is 2.00. The number of rotatable bonds is 5. The number of oxazole rings is 1. The van der Waals surface area contributed by atoms with Crippen molar-refractivity contribution in [1.29, 1.82) is 0 Å². The molecule has 0 spiro atoms. The van der Waals surface area contributed by atoms with Crippen LogP contribution in [0.3, 0.4) is 0 Å². The van der Waals surface area contributed by atoms with Crippen LogP contribution in [0.2, 0.25) is 0 Å². The van der Waals surface area contributed by atoms with Gasteiger partial charge in [-0.3, -0.25) is 0 Å². The topological polar surface area (TPSA) is 72.2 Å². The minimum absolute atomic E-state index is 0.114. The Morgan fingerprint density at radius 3 is 2.57 bits per heavy atom. The van der Waals surface area contributed by atoms with Crippen molar-refractivity contribution >= 4 is 39.2 Å². The van der Waals surface area contributed by atoms with Crippen molar-refractivity contribution in [1.82, 2.24) is 4.98 Å². The Morgan fingerprint density at radius 1 is 1.13 bits per heavy atom. The molecule has 118 valence electrons. The van der Waals surface area contributed by atoms with E-state index in [-0.39, 0.29) is 21.7 Å². The highest BCUT2D eigenvalue weighted by molar-refractivity contribution is 7.91. The molecule has 0 amide bonds. The number of thiophene rings is 1. The van der Waals surface area contributed by atoms with Gasteiger partial charge < -0.3 is 9.73 Å². The summed E-state index contributed by atoms with van der Waals surface area (Å²) in [5, 5.41) is 4.59. The summed E-state index contributed by atoms with van der Waals surface area (Å²) in [4.78, 5) is 5.34. The fraction of sp³-hybridized carbons (Fsp3) is 0.0625. The van der Waals surface area contributed by atoms with Crippen LogP contribution in [0.25, 0.3) is 12.2 Å².